The van der Waals surface area contributed by atoms with Crippen molar-refractivity contribution in [2.45, 2.75) is 64.3 Å². The zero-order valence-electron chi connectivity index (χ0n) is 12.5. The summed E-state index contributed by atoms with van der Waals surface area (Å²) in [5, 5.41) is 3.88. The number of rotatable bonds is 1. The quantitative estimate of drug-likeness (QED) is 0.831. The largest absolute Gasteiger partial charge is 0.310 e. The van der Waals surface area contributed by atoms with E-state index in [1.807, 2.05) is 6.20 Å². The van der Waals surface area contributed by atoms with Gasteiger partial charge >= 0.3 is 0 Å². The first kappa shape index (κ1) is 13.1. The summed E-state index contributed by atoms with van der Waals surface area (Å²) in [5.74, 6) is 0.583. The molecule has 19 heavy (non-hydrogen) atoms. The van der Waals surface area contributed by atoms with Gasteiger partial charge in [-0.1, -0.05) is 26.8 Å². The lowest BCUT2D eigenvalue weighted by molar-refractivity contribution is 0.113. The van der Waals surface area contributed by atoms with Crippen molar-refractivity contribution >= 4 is 0 Å². The number of nitrogens with one attached hydrogen (secondary N) is 1. The Morgan fingerprint density at radius 1 is 1.32 bits per heavy atom. The van der Waals surface area contributed by atoms with Crippen molar-refractivity contribution < 1.29 is 0 Å². The highest BCUT2D eigenvalue weighted by molar-refractivity contribution is 5.31. The zero-order valence-corrected chi connectivity index (χ0v) is 12.5. The standard InChI is InChI=1S/C17H26N2/c1-16(2,3)17(10-6-12-19-17)14-9-4-7-13-8-5-11-18-15(13)14/h5,8,11,14,19H,4,6-7,9-10,12H2,1-3H3. The third kappa shape index (κ3) is 2.01. The Labute approximate surface area is 117 Å². The number of nitrogens with zero attached hydrogens (tertiary/aromatic N) is 1. The van der Waals surface area contributed by atoms with Crippen LogP contribution in [0.1, 0.15) is 63.6 Å². The second-order valence-corrected chi connectivity index (χ2v) is 7.24. The van der Waals surface area contributed by atoms with E-state index in [2.05, 4.69) is 38.2 Å². The average Bonchev–Trinajstić information content (AvgIpc) is 2.88. The van der Waals surface area contributed by atoms with Crippen molar-refractivity contribution in [1.82, 2.24) is 10.3 Å². The molecular weight excluding hydrogens is 232 g/mol. The Morgan fingerprint density at radius 3 is 2.84 bits per heavy atom. The monoisotopic (exact) mass is 258 g/mol. The number of fused-ring (bicyclic) bond motifs is 1. The molecule has 1 aliphatic heterocycles. The molecule has 2 heteroatoms. The van der Waals surface area contributed by atoms with Crippen LogP contribution in [-0.2, 0) is 6.42 Å². The predicted octanol–water partition coefficient (Wildman–Crippen LogP) is 3.67. The summed E-state index contributed by atoms with van der Waals surface area (Å²) in [6.07, 6.45) is 8.37. The van der Waals surface area contributed by atoms with Crippen molar-refractivity contribution in [3.8, 4) is 0 Å². The zero-order chi connectivity index (χ0) is 13.5. The van der Waals surface area contributed by atoms with E-state index in [4.69, 9.17) is 4.98 Å². The lowest BCUT2D eigenvalue weighted by atomic mass is 9.61. The summed E-state index contributed by atoms with van der Waals surface area (Å²) in [4.78, 5) is 4.76. The van der Waals surface area contributed by atoms with Crippen LogP contribution in [0.25, 0.3) is 0 Å². The second-order valence-electron chi connectivity index (χ2n) is 7.24. The highest BCUT2D eigenvalue weighted by atomic mass is 15.0. The molecule has 1 N–H and O–H groups in total. The fourth-order valence-corrected chi connectivity index (χ4v) is 4.32. The van der Waals surface area contributed by atoms with Gasteiger partial charge in [0.15, 0.2) is 0 Å². The molecule has 0 radical (unpaired) electrons. The van der Waals surface area contributed by atoms with Crippen LogP contribution in [0.2, 0.25) is 0 Å². The Balaban J connectivity index is 2.06. The van der Waals surface area contributed by atoms with Crippen molar-refractivity contribution in [3.05, 3.63) is 29.6 Å². The average molecular weight is 258 g/mol. The summed E-state index contributed by atoms with van der Waals surface area (Å²) in [6.45, 7) is 8.34. The number of aryl methyl sites for hydroxylation is 1. The first-order valence-electron chi connectivity index (χ1n) is 7.73. The maximum atomic E-state index is 4.76. The second kappa shape index (κ2) is 4.59. The third-order valence-corrected chi connectivity index (χ3v) is 5.32. The van der Waals surface area contributed by atoms with Crippen LogP contribution in [0, 0.1) is 5.41 Å². The minimum absolute atomic E-state index is 0.233. The first-order chi connectivity index (χ1) is 9.05. The van der Waals surface area contributed by atoms with Crippen molar-refractivity contribution in [2.75, 3.05) is 6.54 Å². The maximum absolute atomic E-state index is 4.76. The summed E-state index contributed by atoms with van der Waals surface area (Å²) >= 11 is 0. The van der Waals surface area contributed by atoms with Crippen LogP contribution in [-0.4, -0.2) is 17.1 Å². The fraction of sp³-hybridized carbons (Fsp3) is 0.706. The minimum Gasteiger partial charge on any atom is -0.310 e. The van der Waals surface area contributed by atoms with Gasteiger partial charge in [-0.3, -0.25) is 4.98 Å². The Bertz CT molecular complexity index is 453. The summed E-state index contributed by atoms with van der Waals surface area (Å²) in [7, 11) is 0. The van der Waals surface area contributed by atoms with Gasteiger partial charge in [0.25, 0.3) is 0 Å². The molecular formula is C17H26N2. The van der Waals surface area contributed by atoms with E-state index in [1.54, 1.807) is 0 Å². The Morgan fingerprint density at radius 2 is 2.16 bits per heavy atom. The van der Waals surface area contributed by atoms with E-state index in [9.17, 15) is 0 Å². The van der Waals surface area contributed by atoms with E-state index in [-0.39, 0.29) is 11.0 Å². The number of pyridine rings is 1. The normalized spacial score (nSPS) is 31.2. The molecule has 2 atom stereocenters. The van der Waals surface area contributed by atoms with Gasteiger partial charge in [0, 0.05) is 23.3 Å². The van der Waals surface area contributed by atoms with E-state index in [0.717, 1.165) is 6.54 Å². The van der Waals surface area contributed by atoms with E-state index in [0.29, 0.717) is 5.92 Å². The first-order valence-corrected chi connectivity index (χ1v) is 7.73. The molecule has 2 nitrogen and oxygen atoms in total. The van der Waals surface area contributed by atoms with Gasteiger partial charge < -0.3 is 5.32 Å². The van der Waals surface area contributed by atoms with Crippen molar-refractivity contribution in [1.29, 1.82) is 0 Å². The molecule has 1 aliphatic carbocycles. The van der Waals surface area contributed by atoms with Gasteiger partial charge in [0.05, 0.1) is 0 Å². The SMILES string of the molecule is CC(C)(C)C1(C2CCCc3cccnc32)CCCN1. The molecule has 1 saturated heterocycles. The van der Waals surface area contributed by atoms with E-state index < -0.39 is 0 Å². The molecule has 3 rings (SSSR count). The highest BCUT2D eigenvalue weighted by Gasteiger charge is 2.51. The molecule has 2 aliphatic rings. The van der Waals surface area contributed by atoms with Crippen molar-refractivity contribution in [2.24, 2.45) is 5.41 Å². The predicted molar refractivity (Wildman–Crippen MR) is 79.3 cm³/mol. The third-order valence-electron chi connectivity index (χ3n) is 5.32. The molecule has 1 fully saturated rings. The van der Waals surface area contributed by atoms with Gasteiger partial charge in [0.2, 0.25) is 0 Å². The molecule has 0 amide bonds. The molecule has 0 spiro atoms. The lowest BCUT2D eigenvalue weighted by Crippen LogP contribution is -2.56. The Kier molecular flexibility index (Phi) is 3.17. The van der Waals surface area contributed by atoms with E-state index >= 15 is 0 Å². The molecule has 2 unspecified atom stereocenters. The summed E-state index contributed by atoms with van der Waals surface area (Å²) < 4.78 is 0. The van der Waals surface area contributed by atoms with Gasteiger partial charge in [-0.15, -0.1) is 0 Å². The van der Waals surface area contributed by atoms with Crippen LogP contribution in [0.3, 0.4) is 0 Å². The lowest BCUT2D eigenvalue weighted by Gasteiger charge is -2.49. The highest BCUT2D eigenvalue weighted by Crippen LogP contribution is 2.50. The molecule has 0 bridgehead atoms. The number of hydrogen-bond acceptors (Lipinski definition) is 2. The smallest absolute Gasteiger partial charge is 0.0485 e. The number of hydrogen-bond donors (Lipinski definition) is 1. The fourth-order valence-electron chi connectivity index (χ4n) is 4.32. The Hall–Kier alpha value is -0.890. The maximum Gasteiger partial charge on any atom is 0.0485 e. The van der Waals surface area contributed by atoms with Crippen LogP contribution in [0.5, 0.6) is 0 Å². The van der Waals surface area contributed by atoms with Crippen LogP contribution < -0.4 is 5.32 Å². The van der Waals surface area contributed by atoms with Crippen LogP contribution in [0.15, 0.2) is 18.3 Å². The van der Waals surface area contributed by atoms with Crippen LogP contribution >= 0.6 is 0 Å². The molecule has 1 aromatic rings. The van der Waals surface area contributed by atoms with Crippen molar-refractivity contribution in [3.63, 3.8) is 0 Å². The van der Waals surface area contributed by atoms with Gasteiger partial charge in [-0.2, -0.15) is 0 Å². The van der Waals surface area contributed by atoms with Crippen LogP contribution in [0.4, 0.5) is 0 Å². The molecule has 1 aromatic heterocycles. The minimum atomic E-state index is 0.233. The summed E-state index contributed by atoms with van der Waals surface area (Å²) in [5.41, 5.74) is 3.37. The topological polar surface area (TPSA) is 24.9 Å². The molecule has 2 heterocycles. The molecule has 0 saturated carbocycles. The van der Waals surface area contributed by atoms with Gasteiger partial charge in [-0.25, -0.2) is 0 Å². The summed E-state index contributed by atoms with van der Waals surface area (Å²) in [6, 6.07) is 4.37. The van der Waals surface area contributed by atoms with Gasteiger partial charge in [-0.05, 0) is 55.7 Å². The molecule has 104 valence electrons. The molecule has 0 aromatic carbocycles. The number of aromatic nitrogens is 1. The van der Waals surface area contributed by atoms with E-state index in [1.165, 1.54) is 43.4 Å². The van der Waals surface area contributed by atoms with Gasteiger partial charge in [0.1, 0.15) is 0 Å².